The van der Waals surface area contributed by atoms with E-state index in [1.165, 1.54) is 11.3 Å². The summed E-state index contributed by atoms with van der Waals surface area (Å²) >= 11 is 1.18. The van der Waals surface area contributed by atoms with Crippen molar-refractivity contribution in [1.29, 1.82) is 0 Å². The number of nitrogens with zero attached hydrogens (tertiary/aromatic N) is 1. The van der Waals surface area contributed by atoms with Crippen LogP contribution in [0.25, 0.3) is 0 Å². The molecule has 8 nitrogen and oxygen atoms in total. The second-order valence-electron chi connectivity index (χ2n) is 5.51. The smallest absolute Gasteiger partial charge is 0.250 e. The summed E-state index contributed by atoms with van der Waals surface area (Å²) in [5.74, 6) is 1.83. The van der Waals surface area contributed by atoms with Crippen LogP contribution in [-0.4, -0.2) is 47.7 Å². The molecule has 0 radical (unpaired) electrons. The number of benzene rings is 1. The minimum atomic E-state index is -3.48. The Labute approximate surface area is 193 Å². The van der Waals surface area contributed by atoms with Crippen molar-refractivity contribution in [2.45, 2.75) is 18.1 Å². The second-order valence-corrected chi connectivity index (χ2v) is 8.46. The quantitative estimate of drug-likeness (QED) is 0.181. The maximum Gasteiger partial charge on any atom is 0.250 e. The summed E-state index contributed by atoms with van der Waals surface area (Å²) in [4.78, 5) is 4.41. The number of anilines is 1. The number of aliphatic imine (C=N–C) groups is 1. The van der Waals surface area contributed by atoms with Gasteiger partial charge in [0.2, 0.25) is 10.0 Å². The number of halogens is 1. The first-order valence-corrected chi connectivity index (χ1v) is 11.3. The van der Waals surface area contributed by atoms with Crippen LogP contribution in [-0.2, 0) is 10.0 Å². The summed E-state index contributed by atoms with van der Waals surface area (Å²) in [6, 6.07) is 8.78. The molecule has 0 saturated heterocycles. The Morgan fingerprint density at radius 3 is 2.62 bits per heavy atom. The molecule has 1 aromatic heterocycles. The maximum atomic E-state index is 12.1. The van der Waals surface area contributed by atoms with Gasteiger partial charge in [0, 0.05) is 24.8 Å². The van der Waals surface area contributed by atoms with Crippen LogP contribution in [0.1, 0.15) is 13.8 Å². The zero-order valence-electron chi connectivity index (χ0n) is 16.6. The highest BCUT2D eigenvalue weighted by Crippen LogP contribution is 2.30. The highest BCUT2D eigenvalue weighted by molar-refractivity contribution is 14.0. The molecular weight excluding hydrogens is 527 g/mol. The third-order valence-electron chi connectivity index (χ3n) is 3.50. The lowest BCUT2D eigenvalue weighted by atomic mass is 10.2. The number of sulfonamides is 1. The van der Waals surface area contributed by atoms with Crippen molar-refractivity contribution in [2.75, 3.05) is 38.7 Å². The van der Waals surface area contributed by atoms with Crippen LogP contribution in [0.3, 0.4) is 0 Å². The molecule has 29 heavy (non-hydrogen) atoms. The van der Waals surface area contributed by atoms with E-state index in [1.54, 1.807) is 24.6 Å². The number of methoxy groups -OCH3 is 1. The second kappa shape index (κ2) is 12.9. The van der Waals surface area contributed by atoms with E-state index < -0.39 is 10.0 Å². The van der Waals surface area contributed by atoms with Crippen molar-refractivity contribution < 1.29 is 17.9 Å². The average Bonchev–Trinajstić information content (AvgIpc) is 3.22. The van der Waals surface area contributed by atoms with E-state index in [-0.39, 0.29) is 37.1 Å². The Hall–Kier alpha value is -1.57. The third-order valence-corrected chi connectivity index (χ3v) is 6.36. The average molecular weight is 554 g/mol. The summed E-state index contributed by atoms with van der Waals surface area (Å²) in [6.45, 7) is 5.57. The highest BCUT2D eigenvalue weighted by Gasteiger charge is 2.13. The summed E-state index contributed by atoms with van der Waals surface area (Å²) in [5.41, 5.74) is 0.777. The van der Waals surface area contributed by atoms with E-state index in [1.807, 2.05) is 32.0 Å². The van der Waals surface area contributed by atoms with Gasteiger partial charge in [-0.05, 0) is 37.4 Å². The standard InChI is InChI=1S/C18H26N4O4S2.HI/c1-4-19-18(20-10-11-21-28(23,24)17-7-6-12-27-17)22-14-8-9-15(26-5-2)16(13-14)25-3;/h6-9,12-13,21H,4-5,10-11H2,1-3H3,(H2,19,20,22);1H. The molecule has 0 fully saturated rings. The van der Waals surface area contributed by atoms with Gasteiger partial charge < -0.3 is 20.1 Å². The van der Waals surface area contributed by atoms with Gasteiger partial charge in [0.15, 0.2) is 17.5 Å². The van der Waals surface area contributed by atoms with E-state index in [2.05, 4.69) is 20.3 Å². The minimum Gasteiger partial charge on any atom is -0.493 e. The number of hydrogen-bond donors (Lipinski definition) is 3. The van der Waals surface area contributed by atoms with Crippen LogP contribution < -0.4 is 24.8 Å². The van der Waals surface area contributed by atoms with Crippen molar-refractivity contribution in [3.63, 3.8) is 0 Å². The van der Waals surface area contributed by atoms with Crippen LogP contribution in [0.5, 0.6) is 11.5 Å². The molecule has 2 rings (SSSR count). The molecule has 3 N–H and O–H groups in total. The van der Waals surface area contributed by atoms with Crippen LogP contribution in [0.4, 0.5) is 5.69 Å². The molecule has 0 spiro atoms. The lowest BCUT2D eigenvalue weighted by molar-refractivity contribution is 0.311. The zero-order valence-corrected chi connectivity index (χ0v) is 20.6. The van der Waals surface area contributed by atoms with Gasteiger partial charge in [-0.2, -0.15) is 0 Å². The predicted octanol–water partition coefficient (Wildman–Crippen LogP) is 3.13. The number of hydrogen-bond acceptors (Lipinski definition) is 6. The SMILES string of the molecule is CCNC(=NCCNS(=O)(=O)c1cccs1)Nc1ccc(OCC)c(OC)c1.I. The maximum absolute atomic E-state index is 12.1. The van der Waals surface area contributed by atoms with E-state index in [4.69, 9.17) is 9.47 Å². The Kier molecular flexibility index (Phi) is 11.3. The molecular formula is C18H27IN4O4S2. The van der Waals surface area contributed by atoms with Gasteiger partial charge in [-0.1, -0.05) is 6.07 Å². The normalized spacial score (nSPS) is 11.5. The minimum absolute atomic E-state index is 0. The Morgan fingerprint density at radius 2 is 2.00 bits per heavy atom. The number of rotatable bonds is 10. The van der Waals surface area contributed by atoms with Gasteiger partial charge in [-0.15, -0.1) is 35.3 Å². The molecule has 0 aliphatic heterocycles. The summed E-state index contributed by atoms with van der Waals surface area (Å²) in [5, 5.41) is 8.03. The van der Waals surface area contributed by atoms with Gasteiger partial charge in [-0.3, -0.25) is 4.99 Å². The Balaban J connectivity index is 0.00000420. The molecule has 0 aliphatic carbocycles. The zero-order chi connectivity index (χ0) is 20.4. The van der Waals surface area contributed by atoms with E-state index in [0.29, 0.717) is 34.8 Å². The number of guanidine groups is 1. The predicted molar refractivity (Wildman–Crippen MR) is 129 cm³/mol. The molecule has 162 valence electrons. The van der Waals surface area contributed by atoms with Crippen LogP contribution >= 0.6 is 35.3 Å². The van der Waals surface area contributed by atoms with Crippen LogP contribution in [0.2, 0.25) is 0 Å². The highest BCUT2D eigenvalue weighted by atomic mass is 127. The first-order valence-electron chi connectivity index (χ1n) is 8.89. The topological polar surface area (TPSA) is 101 Å². The van der Waals surface area contributed by atoms with E-state index in [9.17, 15) is 8.42 Å². The summed E-state index contributed by atoms with van der Waals surface area (Å²) in [7, 11) is -1.89. The molecule has 11 heteroatoms. The lowest BCUT2D eigenvalue weighted by Gasteiger charge is -2.14. The molecule has 1 heterocycles. The van der Waals surface area contributed by atoms with Crippen molar-refractivity contribution in [3.05, 3.63) is 35.7 Å². The van der Waals surface area contributed by atoms with Gasteiger partial charge >= 0.3 is 0 Å². The molecule has 2 aromatic rings. The number of ether oxygens (including phenoxy) is 2. The molecule has 0 atom stereocenters. The summed E-state index contributed by atoms with van der Waals surface area (Å²) in [6.07, 6.45) is 0. The van der Waals surface area contributed by atoms with Crippen molar-refractivity contribution in [3.8, 4) is 11.5 Å². The Bertz CT molecular complexity index is 874. The van der Waals surface area contributed by atoms with Crippen molar-refractivity contribution in [1.82, 2.24) is 10.0 Å². The molecule has 0 bridgehead atoms. The largest absolute Gasteiger partial charge is 0.493 e. The number of thiophene rings is 1. The fraction of sp³-hybridized carbons (Fsp3) is 0.389. The first kappa shape index (κ1) is 25.5. The fourth-order valence-electron chi connectivity index (χ4n) is 2.30. The van der Waals surface area contributed by atoms with Gasteiger partial charge in [0.25, 0.3) is 0 Å². The molecule has 0 aliphatic rings. The summed E-state index contributed by atoms with van der Waals surface area (Å²) < 4.78 is 37.9. The third kappa shape index (κ3) is 7.99. The van der Waals surface area contributed by atoms with Gasteiger partial charge in [-0.25, -0.2) is 13.1 Å². The van der Waals surface area contributed by atoms with Crippen LogP contribution in [0.15, 0.2) is 44.9 Å². The Morgan fingerprint density at radius 1 is 1.21 bits per heavy atom. The molecule has 0 amide bonds. The van der Waals surface area contributed by atoms with E-state index in [0.717, 1.165) is 5.69 Å². The van der Waals surface area contributed by atoms with Gasteiger partial charge in [0.1, 0.15) is 4.21 Å². The van der Waals surface area contributed by atoms with Crippen LogP contribution in [0, 0.1) is 0 Å². The molecule has 1 aromatic carbocycles. The monoisotopic (exact) mass is 554 g/mol. The van der Waals surface area contributed by atoms with E-state index >= 15 is 0 Å². The van der Waals surface area contributed by atoms with Gasteiger partial charge in [0.05, 0.1) is 20.3 Å². The van der Waals surface area contributed by atoms with Crippen molar-refractivity contribution in [2.24, 2.45) is 4.99 Å². The lowest BCUT2D eigenvalue weighted by Crippen LogP contribution is -2.32. The number of nitrogens with one attached hydrogen (secondary N) is 3. The fourth-order valence-corrected chi connectivity index (χ4v) is 4.36. The molecule has 0 saturated carbocycles. The van der Waals surface area contributed by atoms with Crippen molar-refractivity contribution >= 4 is 57.0 Å². The first-order chi connectivity index (χ1) is 13.5. The molecule has 0 unspecified atom stereocenters.